The third-order valence-corrected chi connectivity index (χ3v) is 2.02. The average Bonchev–Trinajstić information content (AvgIpc) is 2.33. The van der Waals surface area contributed by atoms with Crippen molar-refractivity contribution < 1.29 is 14.2 Å². The molecule has 0 unspecified atom stereocenters. The van der Waals surface area contributed by atoms with Gasteiger partial charge >= 0.3 is 0 Å². The molecule has 0 aromatic rings. The van der Waals surface area contributed by atoms with E-state index in [9.17, 15) is 0 Å². The molecular weight excluding hydrogens is 222 g/mol. The molecule has 0 radical (unpaired) electrons. The molecule has 17 heavy (non-hydrogen) atoms. The van der Waals surface area contributed by atoms with E-state index in [2.05, 4.69) is 10.3 Å². The van der Waals surface area contributed by atoms with E-state index in [1.807, 2.05) is 0 Å². The van der Waals surface area contributed by atoms with Crippen LogP contribution in [0.25, 0.3) is 0 Å². The van der Waals surface area contributed by atoms with Gasteiger partial charge in [-0.3, -0.25) is 4.99 Å². The third kappa shape index (κ3) is 13.1. The number of aliphatic imine (C=N–C) groups is 1. The van der Waals surface area contributed by atoms with Crippen molar-refractivity contribution in [3.63, 3.8) is 0 Å². The van der Waals surface area contributed by atoms with Gasteiger partial charge in [0.15, 0.2) is 5.96 Å². The molecule has 3 N–H and O–H groups in total. The van der Waals surface area contributed by atoms with Crippen molar-refractivity contribution >= 4 is 5.96 Å². The molecule has 0 atom stereocenters. The van der Waals surface area contributed by atoms with Gasteiger partial charge in [0, 0.05) is 33.9 Å². The summed E-state index contributed by atoms with van der Waals surface area (Å²) in [6.07, 6.45) is 1.96. The SMILES string of the molecule is COCCNC(N)=NCCCCOCCOC. The molecule has 0 rings (SSSR count). The maximum absolute atomic E-state index is 5.63. The molecule has 0 spiro atoms. The third-order valence-electron chi connectivity index (χ3n) is 2.02. The van der Waals surface area contributed by atoms with Crippen LogP contribution in [0.5, 0.6) is 0 Å². The van der Waals surface area contributed by atoms with Crippen molar-refractivity contribution in [1.82, 2.24) is 5.32 Å². The number of hydrogen-bond acceptors (Lipinski definition) is 4. The van der Waals surface area contributed by atoms with Crippen LogP contribution < -0.4 is 11.1 Å². The predicted octanol–water partition coefficient (Wildman–Crippen LogP) is -0.0197. The molecule has 0 aliphatic carbocycles. The van der Waals surface area contributed by atoms with Gasteiger partial charge in [-0.05, 0) is 12.8 Å². The van der Waals surface area contributed by atoms with Gasteiger partial charge in [-0.1, -0.05) is 0 Å². The average molecular weight is 247 g/mol. The zero-order chi connectivity index (χ0) is 12.8. The molecule has 0 saturated heterocycles. The molecule has 6 nitrogen and oxygen atoms in total. The van der Waals surface area contributed by atoms with Gasteiger partial charge in [0.25, 0.3) is 0 Å². The van der Waals surface area contributed by atoms with Gasteiger partial charge in [0.2, 0.25) is 0 Å². The Labute approximate surface area is 104 Å². The Hall–Kier alpha value is -0.850. The second-order valence-corrected chi connectivity index (χ2v) is 3.50. The highest BCUT2D eigenvalue weighted by molar-refractivity contribution is 5.77. The van der Waals surface area contributed by atoms with Crippen molar-refractivity contribution in [3.05, 3.63) is 0 Å². The first kappa shape index (κ1) is 16.1. The highest BCUT2D eigenvalue weighted by Crippen LogP contribution is 1.91. The summed E-state index contributed by atoms with van der Waals surface area (Å²) in [5, 5.41) is 2.96. The summed E-state index contributed by atoms with van der Waals surface area (Å²) in [4.78, 5) is 4.18. The fourth-order valence-electron chi connectivity index (χ4n) is 1.10. The molecule has 0 aromatic heterocycles. The number of nitrogens with one attached hydrogen (secondary N) is 1. The van der Waals surface area contributed by atoms with Gasteiger partial charge in [-0.2, -0.15) is 0 Å². The standard InChI is InChI=1S/C11H25N3O3/c1-15-8-6-14-11(12)13-5-3-4-7-17-10-9-16-2/h3-10H2,1-2H3,(H3,12,13,14). The first-order valence-electron chi connectivity index (χ1n) is 5.90. The van der Waals surface area contributed by atoms with E-state index in [0.717, 1.165) is 26.0 Å². The van der Waals surface area contributed by atoms with E-state index in [1.54, 1.807) is 14.2 Å². The Morgan fingerprint density at radius 3 is 2.53 bits per heavy atom. The minimum atomic E-state index is 0.474. The van der Waals surface area contributed by atoms with Crippen LogP contribution in [0.1, 0.15) is 12.8 Å². The van der Waals surface area contributed by atoms with E-state index >= 15 is 0 Å². The maximum atomic E-state index is 5.63. The van der Waals surface area contributed by atoms with E-state index in [4.69, 9.17) is 19.9 Å². The molecule has 102 valence electrons. The number of rotatable bonds is 11. The van der Waals surface area contributed by atoms with Gasteiger partial charge in [-0.25, -0.2) is 0 Å². The predicted molar refractivity (Wildman–Crippen MR) is 68.3 cm³/mol. The molecule has 0 aliphatic heterocycles. The topological polar surface area (TPSA) is 78.1 Å². The molecular formula is C11H25N3O3. The van der Waals surface area contributed by atoms with Gasteiger partial charge in [0.1, 0.15) is 0 Å². The van der Waals surface area contributed by atoms with E-state index < -0.39 is 0 Å². The Kier molecular flexibility index (Phi) is 12.6. The lowest BCUT2D eigenvalue weighted by Crippen LogP contribution is -2.34. The molecule has 0 fully saturated rings. The molecule has 0 aromatic carbocycles. The summed E-state index contributed by atoms with van der Waals surface area (Å²) < 4.78 is 15.1. The molecule has 0 heterocycles. The molecule has 6 heteroatoms. The molecule has 0 bridgehead atoms. The number of hydrogen-bond donors (Lipinski definition) is 2. The Morgan fingerprint density at radius 1 is 1.06 bits per heavy atom. The monoisotopic (exact) mass is 247 g/mol. The van der Waals surface area contributed by atoms with Crippen molar-refractivity contribution in [2.75, 3.05) is 53.7 Å². The molecule has 0 saturated carbocycles. The first-order chi connectivity index (χ1) is 8.31. The summed E-state index contributed by atoms with van der Waals surface area (Å²) in [6, 6.07) is 0. The van der Waals surface area contributed by atoms with Crippen LogP contribution in [-0.2, 0) is 14.2 Å². The summed E-state index contributed by atoms with van der Waals surface area (Å²) >= 11 is 0. The van der Waals surface area contributed by atoms with Crippen LogP contribution >= 0.6 is 0 Å². The highest BCUT2D eigenvalue weighted by atomic mass is 16.5. The minimum Gasteiger partial charge on any atom is -0.383 e. The summed E-state index contributed by atoms with van der Waals surface area (Å²) in [5.41, 5.74) is 5.63. The van der Waals surface area contributed by atoms with Crippen LogP contribution in [0.15, 0.2) is 4.99 Å². The van der Waals surface area contributed by atoms with Gasteiger partial charge in [0.05, 0.1) is 19.8 Å². The van der Waals surface area contributed by atoms with E-state index in [0.29, 0.717) is 32.3 Å². The second-order valence-electron chi connectivity index (χ2n) is 3.50. The van der Waals surface area contributed by atoms with E-state index in [-0.39, 0.29) is 0 Å². The Balaban J connectivity index is 3.22. The van der Waals surface area contributed by atoms with Crippen LogP contribution in [0.2, 0.25) is 0 Å². The summed E-state index contributed by atoms with van der Waals surface area (Å²) in [6.45, 7) is 4.08. The quantitative estimate of drug-likeness (QED) is 0.305. The smallest absolute Gasteiger partial charge is 0.188 e. The zero-order valence-electron chi connectivity index (χ0n) is 10.9. The fourth-order valence-corrected chi connectivity index (χ4v) is 1.10. The molecule has 0 amide bonds. The van der Waals surface area contributed by atoms with Crippen LogP contribution in [0.4, 0.5) is 0 Å². The lowest BCUT2D eigenvalue weighted by atomic mass is 10.3. The fraction of sp³-hybridized carbons (Fsp3) is 0.909. The van der Waals surface area contributed by atoms with Gasteiger partial charge < -0.3 is 25.3 Å². The lowest BCUT2D eigenvalue weighted by molar-refractivity contribution is 0.0690. The van der Waals surface area contributed by atoms with Crippen LogP contribution in [0, 0.1) is 0 Å². The highest BCUT2D eigenvalue weighted by Gasteiger charge is 1.92. The lowest BCUT2D eigenvalue weighted by Gasteiger charge is -2.05. The second kappa shape index (κ2) is 13.2. The van der Waals surface area contributed by atoms with Crippen molar-refractivity contribution in [1.29, 1.82) is 0 Å². The summed E-state index contributed by atoms with van der Waals surface area (Å²) in [7, 11) is 3.32. The van der Waals surface area contributed by atoms with Gasteiger partial charge in [-0.15, -0.1) is 0 Å². The number of methoxy groups -OCH3 is 2. The van der Waals surface area contributed by atoms with Crippen LogP contribution in [-0.4, -0.2) is 59.7 Å². The number of guanidine groups is 1. The van der Waals surface area contributed by atoms with Crippen molar-refractivity contribution in [3.8, 4) is 0 Å². The largest absolute Gasteiger partial charge is 0.383 e. The maximum Gasteiger partial charge on any atom is 0.188 e. The normalized spacial score (nSPS) is 11.8. The molecule has 0 aliphatic rings. The number of nitrogens with two attached hydrogens (primary N) is 1. The summed E-state index contributed by atoms with van der Waals surface area (Å²) in [5.74, 6) is 0.474. The zero-order valence-corrected chi connectivity index (χ0v) is 10.9. The van der Waals surface area contributed by atoms with Crippen molar-refractivity contribution in [2.24, 2.45) is 10.7 Å². The number of unbranched alkanes of at least 4 members (excludes halogenated alkanes) is 1. The Morgan fingerprint density at radius 2 is 1.82 bits per heavy atom. The Bertz CT molecular complexity index is 189. The minimum absolute atomic E-state index is 0.474. The number of ether oxygens (including phenoxy) is 3. The first-order valence-corrected chi connectivity index (χ1v) is 5.90. The van der Waals surface area contributed by atoms with Crippen LogP contribution in [0.3, 0.4) is 0 Å². The van der Waals surface area contributed by atoms with E-state index in [1.165, 1.54) is 0 Å². The van der Waals surface area contributed by atoms with Crippen molar-refractivity contribution in [2.45, 2.75) is 12.8 Å². The number of nitrogens with zero attached hydrogens (tertiary/aromatic N) is 1.